The second-order valence-corrected chi connectivity index (χ2v) is 3.59. The molecule has 0 fully saturated rings. The number of hydrogen-bond donors (Lipinski definition) is 2. The van der Waals surface area contributed by atoms with Gasteiger partial charge in [-0.2, -0.15) is 0 Å². The van der Waals surface area contributed by atoms with E-state index in [0.717, 1.165) is 0 Å². The summed E-state index contributed by atoms with van der Waals surface area (Å²) in [5, 5.41) is 18.4. The van der Waals surface area contributed by atoms with E-state index in [-0.39, 0.29) is 16.3 Å². The van der Waals surface area contributed by atoms with Gasteiger partial charge in [-0.3, -0.25) is 0 Å². The molecule has 0 aromatic heterocycles. The van der Waals surface area contributed by atoms with Crippen LogP contribution in [-0.4, -0.2) is 23.3 Å². The van der Waals surface area contributed by atoms with Crippen LogP contribution in [0, 0.1) is 0 Å². The standard InChI is InChI=1S/C9H8Cl2O4/c1-15-6-3-4(10)2-5(11)7(6)8(12)9(13)14/h2-3,8,12H,1H3,(H,13,14). The Morgan fingerprint density at radius 2 is 2.07 bits per heavy atom. The van der Waals surface area contributed by atoms with Gasteiger partial charge in [0.25, 0.3) is 0 Å². The number of aliphatic carboxylic acids is 1. The van der Waals surface area contributed by atoms with Crippen molar-refractivity contribution >= 4 is 29.2 Å². The maximum absolute atomic E-state index is 10.6. The number of benzene rings is 1. The van der Waals surface area contributed by atoms with Gasteiger partial charge in [-0.15, -0.1) is 0 Å². The van der Waals surface area contributed by atoms with E-state index in [2.05, 4.69) is 0 Å². The highest BCUT2D eigenvalue weighted by atomic mass is 35.5. The van der Waals surface area contributed by atoms with E-state index in [4.69, 9.17) is 33.0 Å². The van der Waals surface area contributed by atoms with Crippen LogP contribution in [0.3, 0.4) is 0 Å². The van der Waals surface area contributed by atoms with Crippen molar-refractivity contribution in [3.63, 3.8) is 0 Å². The van der Waals surface area contributed by atoms with Gasteiger partial charge in [-0.05, 0) is 12.1 Å². The van der Waals surface area contributed by atoms with Crippen molar-refractivity contribution in [2.45, 2.75) is 6.10 Å². The van der Waals surface area contributed by atoms with Crippen molar-refractivity contribution < 1.29 is 19.7 Å². The molecule has 0 radical (unpaired) electrons. The van der Waals surface area contributed by atoms with Crippen LogP contribution >= 0.6 is 23.2 Å². The first-order chi connectivity index (χ1) is 6.97. The lowest BCUT2D eigenvalue weighted by Gasteiger charge is -2.13. The SMILES string of the molecule is COc1cc(Cl)cc(Cl)c1C(O)C(=O)O. The smallest absolute Gasteiger partial charge is 0.337 e. The molecule has 0 heterocycles. The normalized spacial score (nSPS) is 12.3. The van der Waals surface area contributed by atoms with E-state index in [9.17, 15) is 9.90 Å². The lowest BCUT2D eigenvalue weighted by atomic mass is 10.1. The number of rotatable bonds is 3. The Balaban J connectivity index is 3.32. The van der Waals surface area contributed by atoms with E-state index in [1.165, 1.54) is 19.2 Å². The monoisotopic (exact) mass is 250 g/mol. The van der Waals surface area contributed by atoms with Gasteiger partial charge in [0, 0.05) is 5.02 Å². The average Bonchev–Trinajstić information content (AvgIpc) is 2.15. The number of ether oxygens (including phenoxy) is 1. The first-order valence-electron chi connectivity index (χ1n) is 3.91. The molecular formula is C9H8Cl2O4. The van der Waals surface area contributed by atoms with Gasteiger partial charge in [-0.25, -0.2) is 4.79 Å². The van der Waals surface area contributed by atoms with Gasteiger partial charge in [0.05, 0.1) is 17.7 Å². The number of aliphatic hydroxyl groups is 1. The molecule has 0 bridgehead atoms. The van der Waals surface area contributed by atoms with E-state index in [1.54, 1.807) is 0 Å². The molecule has 82 valence electrons. The molecular weight excluding hydrogens is 243 g/mol. The lowest BCUT2D eigenvalue weighted by molar-refractivity contribution is -0.147. The van der Waals surface area contributed by atoms with Gasteiger partial charge in [0.1, 0.15) is 5.75 Å². The minimum atomic E-state index is -1.73. The molecule has 6 heteroatoms. The first-order valence-corrected chi connectivity index (χ1v) is 4.66. The second kappa shape index (κ2) is 4.70. The average molecular weight is 251 g/mol. The molecule has 0 aliphatic rings. The van der Waals surface area contributed by atoms with Crippen LogP contribution in [0.2, 0.25) is 10.0 Å². The van der Waals surface area contributed by atoms with Crippen LogP contribution in [-0.2, 0) is 4.79 Å². The van der Waals surface area contributed by atoms with Crippen LogP contribution in [0.5, 0.6) is 5.75 Å². The van der Waals surface area contributed by atoms with E-state index in [0.29, 0.717) is 5.02 Å². The number of carboxylic acids is 1. The quantitative estimate of drug-likeness (QED) is 0.863. The Bertz CT molecular complexity index is 392. The molecule has 1 aromatic rings. The third-order valence-electron chi connectivity index (χ3n) is 1.78. The highest BCUT2D eigenvalue weighted by Crippen LogP contribution is 2.35. The Labute approximate surface area is 96.0 Å². The molecule has 15 heavy (non-hydrogen) atoms. The zero-order valence-electron chi connectivity index (χ0n) is 7.70. The van der Waals surface area contributed by atoms with Gasteiger partial charge >= 0.3 is 5.97 Å². The largest absolute Gasteiger partial charge is 0.496 e. The predicted molar refractivity (Wildman–Crippen MR) is 55.6 cm³/mol. The molecule has 0 aliphatic carbocycles. The van der Waals surface area contributed by atoms with Crippen LogP contribution in [0.4, 0.5) is 0 Å². The summed E-state index contributed by atoms with van der Waals surface area (Å²) in [6, 6.07) is 2.72. The van der Waals surface area contributed by atoms with Crippen molar-refractivity contribution in [1.82, 2.24) is 0 Å². The van der Waals surface area contributed by atoms with Gasteiger partial charge < -0.3 is 14.9 Å². The molecule has 0 amide bonds. The van der Waals surface area contributed by atoms with E-state index in [1.807, 2.05) is 0 Å². The third kappa shape index (κ3) is 2.53. The van der Waals surface area contributed by atoms with Crippen molar-refractivity contribution in [3.8, 4) is 5.75 Å². The summed E-state index contributed by atoms with van der Waals surface area (Å²) in [5.74, 6) is -1.26. The van der Waals surface area contributed by atoms with Gasteiger partial charge in [0.15, 0.2) is 6.10 Å². The van der Waals surface area contributed by atoms with Crippen molar-refractivity contribution in [3.05, 3.63) is 27.7 Å². The van der Waals surface area contributed by atoms with E-state index < -0.39 is 12.1 Å². The number of hydrogen-bond acceptors (Lipinski definition) is 3. The highest BCUT2D eigenvalue weighted by Gasteiger charge is 2.24. The predicted octanol–water partition coefficient (Wildman–Crippen LogP) is 2.12. The second-order valence-electron chi connectivity index (χ2n) is 2.74. The van der Waals surface area contributed by atoms with Crippen LogP contribution in [0.25, 0.3) is 0 Å². The summed E-state index contributed by atoms with van der Waals surface area (Å²) < 4.78 is 4.89. The fourth-order valence-electron chi connectivity index (χ4n) is 1.12. The maximum Gasteiger partial charge on any atom is 0.337 e. The summed E-state index contributed by atoms with van der Waals surface area (Å²) in [7, 11) is 1.33. The molecule has 1 unspecified atom stereocenters. The number of aliphatic hydroxyl groups excluding tert-OH is 1. The summed E-state index contributed by atoms with van der Waals surface area (Å²) in [5.41, 5.74) is -0.00364. The summed E-state index contributed by atoms with van der Waals surface area (Å²) in [4.78, 5) is 10.6. The minimum Gasteiger partial charge on any atom is -0.496 e. The third-order valence-corrected chi connectivity index (χ3v) is 2.31. The van der Waals surface area contributed by atoms with Crippen LogP contribution in [0.15, 0.2) is 12.1 Å². The van der Waals surface area contributed by atoms with Gasteiger partial charge in [-0.1, -0.05) is 23.2 Å². The summed E-state index contributed by atoms with van der Waals surface area (Å²) in [6.07, 6.45) is -1.73. The maximum atomic E-state index is 10.6. The Morgan fingerprint density at radius 3 is 2.53 bits per heavy atom. The molecule has 0 saturated carbocycles. The Hall–Kier alpha value is -0.970. The van der Waals surface area contributed by atoms with Crippen molar-refractivity contribution in [2.75, 3.05) is 7.11 Å². The molecule has 0 aliphatic heterocycles. The van der Waals surface area contributed by atoms with Crippen molar-refractivity contribution in [2.24, 2.45) is 0 Å². The number of carboxylic acid groups (broad SMARTS) is 1. The van der Waals surface area contributed by atoms with Crippen molar-refractivity contribution in [1.29, 1.82) is 0 Å². The molecule has 1 atom stereocenters. The zero-order valence-corrected chi connectivity index (χ0v) is 9.21. The Kier molecular flexibility index (Phi) is 3.79. The Morgan fingerprint density at radius 1 is 1.47 bits per heavy atom. The molecule has 1 aromatic carbocycles. The van der Waals surface area contributed by atoms with Crippen LogP contribution < -0.4 is 4.74 Å². The molecule has 4 nitrogen and oxygen atoms in total. The van der Waals surface area contributed by atoms with Gasteiger partial charge in [0.2, 0.25) is 0 Å². The summed E-state index contributed by atoms with van der Waals surface area (Å²) in [6.45, 7) is 0. The van der Waals surface area contributed by atoms with E-state index >= 15 is 0 Å². The lowest BCUT2D eigenvalue weighted by Crippen LogP contribution is -2.12. The number of methoxy groups -OCH3 is 1. The topological polar surface area (TPSA) is 66.8 Å². The highest BCUT2D eigenvalue weighted by molar-refractivity contribution is 6.35. The van der Waals surface area contributed by atoms with Crippen LogP contribution in [0.1, 0.15) is 11.7 Å². The minimum absolute atomic E-state index is 0.00364. The fourth-order valence-corrected chi connectivity index (χ4v) is 1.70. The molecule has 1 rings (SSSR count). The molecule has 2 N–H and O–H groups in total. The summed E-state index contributed by atoms with van der Waals surface area (Å²) >= 11 is 11.5. The molecule has 0 spiro atoms. The molecule has 0 saturated heterocycles. The zero-order chi connectivity index (χ0) is 11.6. The number of halogens is 2. The number of carbonyl (C=O) groups is 1. The fraction of sp³-hybridized carbons (Fsp3) is 0.222. The first kappa shape index (κ1) is 12.1.